The quantitative estimate of drug-likeness (QED) is 0.760. The lowest BCUT2D eigenvalue weighted by molar-refractivity contribution is 0.387. The van der Waals surface area contributed by atoms with Crippen molar-refractivity contribution >= 4 is 15.9 Å². The molecule has 0 aliphatic carbocycles. The molecule has 0 aromatic heterocycles. The van der Waals surface area contributed by atoms with Crippen LogP contribution in [0.4, 0.5) is 13.2 Å². The largest absolute Gasteiger partial charge is 0.448 e. The van der Waals surface area contributed by atoms with Gasteiger partial charge in [-0.2, -0.15) is 5.26 Å². The first-order valence-corrected chi connectivity index (χ1v) is 6.58. The molecule has 0 radical (unpaired) electrons. The summed E-state index contributed by atoms with van der Waals surface area (Å²) in [7, 11) is 0. The van der Waals surface area contributed by atoms with Crippen molar-refractivity contribution < 1.29 is 17.9 Å². The standard InChI is InChI=1S/C14H7BrF3NO/c15-6-9-4-11(17)14(12(18)5-9)20-13-2-1-8(7-19)3-10(13)16/h1-5H,6H2. The zero-order valence-corrected chi connectivity index (χ0v) is 11.5. The maximum absolute atomic E-state index is 13.7. The van der Waals surface area contributed by atoms with E-state index in [1.54, 1.807) is 6.07 Å². The average molecular weight is 342 g/mol. The molecule has 2 aromatic carbocycles. The van der Waals surface area contributed by atoms with Gasteiger partial charge >= 0.3 is 0 Å². The highest BCUT2D eigenvalue weighted by Gasteiger charge is 2.15. The van der Waals surface area contributed by atoms with E-state index in [-0.39, 0.29) is 16.6 Å². The Balaban J connectivity index is 2.38. The second kappa shape index (κ2) is 5.97. The highest BCUT2D eigenvalue weighted by molar-refractivity contribution is 9.08. The molecule has 102 valence electrons. The summed E-state index contributed by atoms with van der Waals surface area (Å²) < 4.78 is 45.9. The van der Waals surface area contributed by atoms with Crippen LogP contribution in [0, 0.1) is 28.8 Å². The molecule has 2 rings (SSSR count). The van der Waals surface area contributed by atoms with Gasteiger partial charge in [0.25, 0.3) is 0 Å². The molecular formula is C14H7BrF3NO. The van der Waals surface area contributed by atoms with Crippen molar-refractivity contribution in [3.63, 3.8) is 0 Å². The maximum atomic E-state index is 13.7. The smallest absolute Gasteiger partial charge is 0.198 e. The molecule has 0 aliphatic rings. The van der Waals surface area contributed by atoms with Gasteiger partial charge in [0, 0.05) is 5.33 Å². The Morgan fingerprint density at radius 1 is 1.05 bits per heavy atom. The van der Waals surface area contributed by atoms with E-state index in [2.05, 4.69) is 15.9 Å². The number of hydrogen-bond acceptors (Lipinski definition) is 2. The van der Waals surface area contributed by atoms with Crippen LogP contribution in [0.1, 0.15) is 11.1 Å². The Hall–Kier alpha value is -2.00. The van der Waals surface area contributed by atoms with Crippen LogP contribution in [0.15, 0.2) is 30.3 Å². The molecule has 0 unspecified atom stereocenters. The number of hydrogen-bond donors (Lipinski definition) is 0. The number of benzene rings is 2. The molecule has 0 aliphatic heterocycles. The van der Waals surface area contributed by atoms with E-state index in [0.717, 1.165) is 24.3 Å². The fourth-order valence-corrected chi connectivity index (χ4v) is 1.87. The molecule has 6 heteroatoms. The molecule has 0 atom stereocenters. The fraction of sp³-hybridized carbons (Fsp3) is 0.0714. The minimum Gasteiger partial charge on any atom is -0.448 e. The first-order valence-electron chi connectivity index (χ1n) is 5.46. The zero-order chi connectivity index (χ0) is 14.7. The first kappa shape index (κ1) is 14.4. The maximum Gasteiger partial charge on any atom is 0.198 e. The zero-order valence-electron chi connectivity index (χ0n) is 9.96. The lowest BCUT2D eigenvalue weighted by Crippen LogP contribution is -1.96. The van der Waals surface area contributed by atoms with Crippen LogP contribution in [0.5, 0.6) is 11.5 Å². The molecule has 0 heterocycles. The molecule has 2 aromatic rings. The molecule has 0 saturated heterocycles. The van der Waals surface area contributed by atoms with Crippen molar-refractivity contribution in [3.05, 3.63) is 58.9 Å². The predicted octanol–water partition coefficient (Wildman–Crippen LogP) is 4.66. The molecule has 0 amide bonds. The Labute approximate surface area is 121 Å². The van der Waals surface area contributed by atoms with E-state index in [1.165, 1.54) is 6.07 Å². The van der Waals surface area contributed by atoms with E-state index >= 15 is 0 Å². The Bertz CT molecular complexity index is 674. The van der Waals surface area contributed by atoms with Crippen molar-refractivity contribution in [2.24, 2.45) is 0 Å². The normalized spacial score (nSPS) is 10.2. The van der Waals surface area contributed by atoms with E-state index in [9.17, 15) is 13.2 Å². The third-order valence-corrected chi connectivity index (χ3v) is 3.13. The van der Waals surface area contributed by atoms with Crippen LogP contribution in [0.25, 0.3) is 0 Å². The Kier molecular flexibility index (Phi) is 4.30. The third kappa shape index (κ3) is 2.94. The first-order chi connectivity index (χ1) is 9.55. The molecule has 0 spiro atoms. The predicted molar refractivity (Wildman–Crippen MR) is 70.2 cm³/mol. The lowest BCUT2D eigenvalue weighted by Gasteiger charge is -2.10. The number of nitrogens with zero attached hydrogens (tertiary/aromatic N) is 1. The van der Waals surface area contributed by atoms with E-state index < -0.39 is 23.2 Å². The number of nitriles is 1. The minimum absolute atomic E-state index is 0.0884. The molecule has 0 saturated carbocycles. The summed E-state index contributed by atoms with van der Waals surface area (Å²) in [4.78, 5) is 0. The summed E-state index contributed by atoms with van der Waals surface area (Å²) in [6, 6.07) is 7.30. The van der Waals surface area contributed by atoms with E-state index in [1.807, 2.05) is 0 Å². The third-order valence-electron chi connectivity index (χ3n) is 2.49. The SMILES string of the molecule is N#Cc1ccc(Oc2c(F)cc(CBr)cc2F)c(F)c1. The van der Waals surface area contributed by atoms with Crippen LogP contribution < -0.4 is 4.74 Å². The fourth-order valence-electron chi connectivity index (χ4n) is 1.55. The summed E-state index contributed by atoms with van der Waals surface area (Å²) in [5.41, 5.74) is 0.484. The van der Waals surface area contributed by atoms with Crippen LogP contribution >= 0.6 is 15.9 Å². The summed E-state index contributed by atoms with van der Waals surface area (Å²) in [5.74, 6) is -3.76. The van der Waals surface area contributed by atoms with Crippen molar-refractivity contribution in [2.75, 3.05) is 0 Å². The van der Waals surface area contributed by atoms with Crippen molar-refractivity contribution in [1.82, 2.24) is 0 Å². The molecule has 20 heavy (non-hydrogen) atoms. The monoisotopic (exact) mass is 341 g/mol. The van der Waals surface area contributed by atoms with Crippen LogP contribution in [-0.2, 0) is 5.33 Å². The van der Waals surface area contributed by atoms with E-state index in [0.29, 0.717) is 5.56 Å². The molecular weight excluding hydrogens is 335 g/mol. The summed E-state index contributed by atoms with van der Waals surface area (Å²) >= 11 is 3.08. The number of halogens is 4. The van der Waals surface area contributed by atoms with Crippen LogP contribution in [0.2, 0.25) is 0 Å². The van der Waals surface area contributed by atoms with Gasteiger partial charge in [-0.1, -0.05) is 15.9 Å². The Morgan fingerprint density at radius 3 is 2.20 bits per heavy atom. The Morgan fingerprint density at radius 2 is 1.70 bits per heavy atom. The van der Waals surface area contributed by atoms with Gasteiger partial charge in [-0.3, -0.25) is 0 Å². The minimum atomic E-state index is -0.928. The van der Waals surface area contributed by atoms with Gasteiger partial charge in [0.05, 0.1) is 11.6 Å². The second-order valence-electron chi connectivity index (χ2n) is 3.88. The van der Waals surface area contributed by atoms with Crippen molar-refractivity contribution in [2.45, 2.75) is 5.33 Å². The van der Waals surface area contributed by atoms with Gasteiger partial charge in [0.2, 0.25) is 0 Å². The van der Waals surface area contributed by atoms with Gasteiger partial charge in [-0.05, 0) is 35.9 Å². The van der Waals surface area contributed by atoms with Gasteiger partial charge in [0.15, 0.2) is 29.0 Å². The summed E-state index contributed by atoms with van der Waals surface area (Å²) in [6.45, 7) is 0. The second-order valence-corrected chi connectivity index (χ2v) is 4.44. The van der Waals surface area contributed by atoms with Gasteiger partial charge < -0.3 is 4.74 Å². The molecule has 2 nitrogen and oxygen atoms in total. The van der Waals surface area contributed by atoms with E-state index in [4.69, 9.17) is 10.00 Å². The summed E-state index contributed by atoms with van der Waals surface area (Å²) in [6.07, 6.45) is 0. The topological polar surface area (TPSA) is 33.0 Å². The number of alkyl halides is 1. The van der Waals surface area contributed by atoms with Gasteiger partial charge in [-0.15, -0.1) is 0 Å². The lowest BCUT2D eigenvalue weighted by atomic mass is 10.2. The van der Waals surface area contributed by atoms with Crippen LogP contribution in [-0.4, -0.2) is 0 Å². The van der Waals surface area contributed by atoms with Gasteiger partial charge in [0.1, 0.15) is 0 Å². The van der Waals surface area contributed by atoms with Crippen molar-refractivity contribution in [1.29, 1.82) is 5.26 Å². The molecule has 0 N–H and O–H groups in total. The molecule has 0 fully saturated rings. The molecule has 0 bridgehead atoms. The highest BCUT2D eigenvalue weighted by atomic mass is 79.9. The number of rotatable bonds is 3. The van der Waals surface area contributed by atoms with Crippen molar-refractivity contribution in [3.8, 4) is 17.6 Å². The highest BCUT2D eigenvalue weighted by Crippen LogP contribution is 2.31. The average Bonchev–Trinajstić information content (AvgIpc) is 2.43. The number of ether oxygens (including phenoxy) is 1. The van der Waals surface area contributed by atoms with Gasteiger partial charge in [-0.25, -0.2) is 13.2 Å². The summed E-state index contributed by atoms with van der Waals surface area (Å²) in [5, 5.41) is 8.89. The van der Waals surface area contributed by atoms with Crippen LogP contribution in [0.3, 0.4) is 0 Å².